The van der Waals surface area contributed by atoms with Gasteiger partial charge in [0.25, 0.3) is 0 Å². The van der Waals surface area contributed by atoms with Crippen LogP contribution in [0.25, 0.3) is 0 Å². The first-order chi connectivity index (χ1) is 9.86. The molecular formula is C16H24N2O3. The van der Waals surface area contributed by atoms with Gasteiger partial charge in [0.15, 0.2) is 0 Å². The number of rotatable bonds is 5. The number of benzene rings is 1. The number of aryl methyl sites for hydroxylation is 3. The van der Waals surface area contributed by atoms with Gasteiger partial charge in [0.05, 0.1) is 12.6 Å². The average Bonchev–Trinajstić information content (AvgIpc) is 2.42. The van der Waals surface area contributed by atoms with Crippen molar-refractivity contribution in [1.29, 1.82) is 0 Å². The predicted octanol–water partition coefficient (Wildman–Crippen LogP) is 1.55. The van der Waals surface area contributed by atoms with Gasteiger partial charge in [-0.05, 0) is 49.9 Å². The highest BCUT2D eigenvalue weighted by atomic mass is 16.5. The highest BCUT2D eigenvalue weighted by Crippen LogP contribution is 2.21. The topological polar surface area (TPSA) is 67.4 Å². The zero-order valence-corrected chi connectivity index (χ0v) is 13.4. The molecule has 1 rings (SSSR count). The normalized spacial score (nSPS) is 11.9. The second kappa shape index (κ2) is 7.78. The Morgan fingerprint density at radius 2 is 1.71 bits per heavy atom. The minimum absolute atomic E-state index is 0.218. The average molecular weight is 292 g/mol. The van der Waals surface area contributed by atoms with Crippen LogP contribution in [0.15, 0.2) is 12.1 Å². The fourth-order valence-corrected chi connectivity index (χ4v) is 2.14. The SMILES string of the molecule is COCCNC(=O)C(=O)N[C@H](C)c1cc(C)c(C)cc1C. The summed E-state index contributed by atoms with van der Waals surface area (Å²) in [6.07, 6.45) is 0. The maximum Gasteiger partial charge on any atom is 0.309 e. The van der Waals surface area contributed by atoms with Crippen molar-refractivity contribution in [3.8, 4) is 0 Å². The van der Waals surface area contributed by atoms with E-state index in [2.05, 4.69) is 29.7 Å². The van der Waals surface area contributed by atoms with Crippen molar-refractivity contribution in [2.45, 2.75) is 33.7 Å². The molecule has 1 aromatic rings. The molecule has 0 heterocycles. The second-order valence-electron chi connectivity index (χ2n) is 5.24. The summed E-state index contributed by atoms with van der Waals surface area (Å²) in [4.78, 5) is 23.4. The van der Waals surface area contributed by atoms with Crippen molar-refractivity contribution >= 4 is 11.8 Å². The third-order valence-electron chi connectivity index (χ3n) is 3.49. The van der Waals surface area contributed by atoms with Crippen LogP contribution in [0.5, 0.6) is 0 Å². The van der Waals surface area contributed by atoms with E-state index in [9.17, 15) is 9.59 Å². The van der Waals surface area contributed by atoms with E-state index in [1.165, 1.54) is 18.2 Å². The molecule has 21 heavy (non-hydrogen) atoms. The fraction of sp³-hybridized carbons (Fsp3) is 0.500. The standard InChI is InChI=1S/C16H24N2O3/c1-10-8-12(3)14(9-11(10)2)13(4)18-16(20)15(19)17-6-7-21-5/h8-9,13H,6-7H2,1-5H3,(H,17,19)(H,18,20)/t13-/m1/s1. The summed E-state index contributed by atoms with van der Waals surface area (Å²) in [7, 11) is 1.54. The summed E-state index contributed by atoms with van der Waals surface area (Å²) < 4.78 is 4.82. The van der Waals surface area contributed by atoms with Gasteiger partial charge in [0.2, 0.25) is 0 Å². The van der Waals surface area contributed by atoms with Crippen molar-refractivity contribution in [2.24, 2.45) is 0 Å². The molecule has 0 aliphatic carbocycles. The Balaban J connectivity index is 2.68. The molecule has 0 aromatic heterocycles. The van der Waals surface area contributed by atoms with E-state index in [0.717, 1.165) is 11.1 Å². The van der Waals surface area contributed by atoms with Crippen molar-refractivity contribution in [3.63, 3.8) is 0 Å². The number of carbonyl (C=O) groups excluding carboxylic acids is 2. The van der Waals surface area contributed by atoms with Gasteiger partial charge in [0, 0.05) is 13.7 Å². The van der Waals surface area contributed by atoms with E-state index < -0.39 is 11.8 Å². The van der Waals surface area contributed by atoms with Crippen LogP contribution in [-0.4, -0.2) is 32.1 Å². The van der Waals surface area contributed by atoms with Gasteiger partial charge in [0.1, 0.15) is 0 Å². The molecule has 5 heteroatoms. The van der Waals surface area contributed by atoms with Crippen LogP contribution in [0.3, 0.4) is 0 Å². The van der Waals surface area contributed by atoms with Crippen molar-refractivity contribution in [3.05, 3.63) is 34.4 Å². The minimum atomic E-state index is -0.639. The van der Waals surface area contributed by atoms with Crippen LogP contribution in [0, 0.1) is 20.8 Å². The summed E-state index contributed by atoms with van der Waals surface area (Å²) >= 11 is 0. The number of ether oxygens (including phenoxy) is 1. The van der Waals surface area contributed by atoms with E-state index in [0.29, 0.717) is 13.2 Å². The molecule has 2 N–H and O–H groups in total. The molecule has 0 unspecified atom stereocenters. The minimum Gasteiger partial charge on any atom is -0.383 e. The molecule has 0 fully saturated rings. The van der Waals surface area contributed by atoms with Gasteiger partial charge in [-0.25, -0.2) is 0 Å². The second-order valence-corrected chi connectivity index (χ2v) is 5.24. The van der Waals surface area contributed by atoms with Gasteiger partial charge >= 0.3 is 11.8 Å². The summed E-state index contributed by atoms with van der Waals surface area (Å²) in [5.74, 6) is -1.27. The largest absolute Gasteiger partial charge is 0.383 e. The monoisotopic (exact) mass is 292 g/mol. The number of methoxy groups -OCH3 is 1. The zero-order chi connectivity index (χ0) is 16.0. The maximum atomic E-state index is 11.8. The Morgan fingerprint density at radius 3 is 2.33 bits per heavy atom. The van der Waals surface area contributed by atoms with E-state index >= 15 is 0 Å². The molecule has 116 valence electrons. The lowest BCUT2D eigenvalue weighted by Gasteiger charge is -2.18. The molecule has 0 radical (unpaired) electrons. The third-order valence-corrected chi connectivity index (χ3v) is 3.49. The van der Waals surface area contributed by atoms with Crippen molar-refractivity contribution < 1.29 is 14.3 Å². The Hall–Kier alpha value is -1.88. The molecule has 1 atom stereocenters. The van der Waals surface area contributed by atoms with Gasteiger partial charge in [-0.15, -0.1) is 0 Å². The first-order valence-electron chi connectivity index (χ1n) is 7.02. The van der Waals surface area contributed by atoms with E-state index in [1.807, 2.05) is 20.8 Å². The van der Waals surface area contributed by atoms with E-state index in [-0.39, 0.29) is 6.04 Å². The summed E-state index contributed by atoms with van der Waals surface area (Å²) in [6, 6.07) is 3.93. The van der Waals surface area contributed by atoms with Crippen LogP contribution in [0.1, 0.15) is 35.2 Å². The molecule has 0 spiro atoms. The molecule has 0 aliphatic rings. The molecule has 0 bridgehead atoms. The molecule has 5 nitrogen and oxygen atoms in total. The number of hydrogen-bond donors (Lipinski definition) is 2. The number of amides is 2. The van der Waals surface area contributed by atoms with Crippen LogP contribution in [0.4, 0.5) is 0 Å². The van der Waals surface area contributed by atoms with Crippen molar-refractivity contribution in [1.82, 2.24) is 10.6 Å². The van der Waals surface area contributed by atoms with Gasteiger partial charge < -0.3 is 15.4 Å². The Morgan fingerprint density at radius 1 is 1.10 bits per heavy atom. The lowest BCUT2D eigenvalue weighted by atomic mass is 9.96. The zero-order valence-electron chi connectivity index (χ0n) is 13.4. The number of hydrogen-bond acceptors (Lipinski definition) is 3. The van der Waals surface area contributed by atoms with Gasteiger partial charge in [-0.3, -0.25) is 9.59 Å². The maximum absolute atomic E-state index is 11.8. The molecular weight excluding hydrogens is 268 g/mol. The van der Waals surface area contributed by atoms with Crippen LogP contribution < -0.4 is 10.6 Å². The summed E-state index contributed by atoms with van der Waals surface area (Å²) in [6.45, 7) is 8.66. The summed E-state index contributed by atoms with van der Waals surface area (Å²) in [5, 5.41) is 5.22. The van der Waals surface area contributed by atoms with E-state index in [4.69, 9.17) is 4.74 Å². The highest BCUT2D eigenvalue weighted by molar-refractivity contribution is 6.35. The first kappa shape index (κ1) is 17.2. The fourth-order valence-electron chi connectivity index (χ4n) is 2.14. The smallest absolute Gasteiger partial charge is 0.309 e. The van der Waals surface area contributed by atoms with E-state index in [1.54, 1.807) is 0 Å². The Bertz CT molecular complexity index is 526. The third kappa shape index (κ3) is 4.86. The highest BCUT2D eigenvalue weighted by Gasteiger charge is 2.18. The Labute approximate surface area is 126 Å². The number of carbonyl (C=O) groups is 2. The predicted molar refractivity (Wildman–Crippen MR) is 82.1 cm³/mol. The molecule has 0 saturated carbocycles. The lowest BCUT2D eigenvalue weighted by molar-refractivity contribution is -0.139. The van der Waals surface area contributed by atoms with Crippen LogP contribution in [0.2, 0.25) is 0 Å². The molecule has 0 aliphatic heterocycles. The van der Waals surface area contributed by atoms with Gasteiger partial charge in [-0.2, -0.15) is 0 Å². The molecule has 2 amide bonds. The number of nitrogens with one attached hydrogen (secondary N) is 2. The quantitative estimate of drug-likeness (QED) is 0.639. The van der Waals surface area contributed by atoms with Crippen LogP contribution in [-0.2, 0) is 14.3 Å². The summed E-state index contributed by atoms with van der Waals surface area (Å²) in [5.41, 5.74) is 4.51. The van der Waals surface area contributed by atoms with Crippen molar-refractivity contribution in [2.75, 3.05) is 20.3 Å². The van der Waals surface area contributed by atoms with Gasteiger partial charge in [-0.1, -0.05) is 12.1 Å². The molecule has 1 aromatic carbocycles. The first-order valence-corrected chi connectivity index (χ1v) is 7.02. The lowest BCUT2D eigenvalue weighted by Crippen LogP contribution is -2.42. The van der Waals surface area contributed by atoms with Crippen LogP contribution >= 0.6 is 0 Å². The Kier molecular flexibility index (Phi) is 6.37. The molecule has 0 saturated heterocycles.